The largest absolute Gasteiger partial charge is 0.790 e. The third kappa shape index (κ3) is 3.45. The van der Waals surface area contributed by atoms with Crippen molar-refractivity contribution in [3.8, 4) is 0 Å². The lowest BCUT2D eigenvalue weighted by molar-refractivity contribution is -0.367. The zero-order chi connectivity index (χ0) is 14.1. The predicted molar refractivity (Wildman–Crippen MR) is 48.5 cm³/mol. The highest BCUT2D eigenvalue weighted by Gasteiger charge is 2.52. The van der Waals surface area contributed by atoms with Crippen LogP contribution in [-0.2, 0) is 13.8 Å². The summed E-state index contributed by atoms with van der Waals surface area (Å²) in [6.45, 7) is -2.10. The predicted octanol–water partition coefficient (Wildman–Crippen LogP) is -5.01. The second kappa shape index (κ2) is 5.47. The molecule has 0 aromatic rings. The van der Waals surface area contributed by atoms with Crippen LogP contribution in [0, 0.1) is 0 Å². The number of rotatable bonds is 4. The van der Waals surface area contributed by atoms with Gasteiger partial charge in [0, 0.05) is 0 Å². The Morgan fingerprint density at radius 2 is 1.83 bits per heavy atom. The lowest BCUT2D eigenvalue weighted by Gasteiger charge is -2.45. The van der Waals surface area contributed by atoms with Gasteiger partial charge in [-0.3, -0.25) is 0 Å². The number of phosphoric acid groups is 1. The molecule has 5 N–H and O–H groups in total. The van der Waals surface area contributed by atoms with Gasteiger partial charge in [-0.2, -0.15) is 0 Å². The molecule has 0 spiro atoms. The molecule has 108 valence electrons. The maximum atomic E-state index is 10.2. The Kier molecular flexibility index (Phi) is 4.84. The maximum absolute atomic E-state index is 10.2. The van der Waals surface area contributed by atoms with Crippen LogP contribution in [0.5, 0.6) is 0 Å². The van der Waals surface area contributed by atoms with Gasteiger partial charge >= 0.3 is 0 Å². The first-order chi connectivity index (χ1) is 8.10. The monoisotopic (exact) mass is 288 g/mol. The van der Waals surface area contributed by atoms with Crippen LogP contribution >= 0.6 is 7.82 Å². The van der Waals surface area contributed by atoms with E-state index in [1.807, 2.05) is 0 Å². The summed E-state index contributed by atoms with van der Waals surface area (Å²) in [5, 5.41) is 46.5. The fourth-order valence-electron chi connectivity index (χ4n) is 1.50. The number of hydrogen-bond donors (Lipinski definition) is 5. The molecule has 0 bridgehead atoms. The molecule has 0 aromatic heterocycles. The fourth-order valence-corrected chi connectivity index (χ4v) is 1.83. The maximum Gasteiger partial charge on any atom is 0.219 e. The Morgan fingerprint density at radius 1 is 1.28 bits per heavy atom. The molecule has 0 aromatic carbocycles. The van der Waals surface area contributed by atoms with Gasteiger partial charge in [-0.1, -0.05) is 0 Å². The summed E-state index contributed by atoms with van der Waals surface area (Å²) in [7, 11) is -5.32. The van der Waals surface area contributed by atoms with E-state index >= 15 is 0 Å². The van der Waals surface area contributed by atoms with Crippen LogP contribution in [0.2, 0.25) is 0 Å². The first-order valence-electron chi connectivity index (χ1n) is 4.82. The van der Waals surface area contributed by atoms with Crippen LogP contribution in [0.3, 0.4) is 0 Å². The highest BCUT2D eigenvalue weighted by atomic mass is 31.2. The third-order valence-corrected chi connectivity index (χ3v) is 2.96. The molecule has 11 heteroatoms. The van der Waals surface area contributed by atoms with Crippen molar-refractivity contribution < 1.29 is 49.1 Å². The van der Waals surface area contributed by atoms with Gasteiger partial charge in [0.2, 0.25) is 5.79 Å². The van der Waals surface area contributed by atoms with E-state index in [0.717, 1.165) is 0 Å². The second-order valence-electron chi connectivity index (χ2n) is 3.83. The van der Waals surface area contributed by atoms with Crippen molar-refractivity contribution in [3.63, 3.8) is 0 Å². The van der Waals surface area contributed by atoms with Gasteiger partial charge in [0.1, 0.15) is 24.4 Å². The van der Waals surface area contributed by atoms with Crippen LogP contribution in [0.25, 0.3) is 0 Å². The van der Waals surface area contributed by atoms with Crippen LogP contribution in [-0.4, -0.2) is 68.9 Å². The average Bonchev–Trinajstić information content (AvgIpc) is 2.28. The Labute approximate surface area is 101 Å². The molecular formula is C7H13O10P-2. The Hall–Kier alpha value is -0.130. The van der Waals surface area contributed by atoms with Gasteiger partial charge in [0.25, 0.3) is 0 Å². The SMILES string of the molecule is O=P([O-])([O-])OC[C@H]1O[C@@](O)(CO)[C@@H](O)[C@H](O)[C@@H]1O. The first kappa shape index (κ1) is 15.9. The number of aliphatic hydroxyl groups excluding tert-OH is 4. The fraction of sp³-hybridized carbons (Fsp3) is 1.00. The number of aliphatic hydroxyl groups is 5. The summed E-state index contributed by atoms with van der Waals surface area (Å²) >= 11 is 0. The lowest BCUT2D eigenvalue weighted by Crippen LogP contribution is -2.66. The number of phosphoric ester groups is 1. The summed E-state index contributed by atoms with van der Waals surface area (Å²) in [6.07, 6.45) is -7.35. The minimum Gasteiger partial charge on any atom is -0.790 e. The van der Waals surface area contributed by atoms with E-state index < -0.39 is 51.2 Å². The summed E-state index contributed by atoms with van der Waals surface area (Å²) in [4.78, 5) is 20.5. The molecule has 0 saturated carbocycles. The van der Waals surface area contributed by atoms with E-state index in [9.17, 15) is 34.8 Å². The topological polar surface area (TPSA) is 183 Å². The van der Waals surface area contributed by atoms with Gasteiger partial charge in [-0.15, -0.1) is 0 Å². The molecular weight excluding hydrogens is 275 g/mol. The van der Waals surface area contributed by atoms with Gasteiger partial charge in [-0.25, -0.2) is 0 Å². The molecule has 5 atom stereocenters. The van der Waals surface area contributed by atoms with Crippen molar-refractivity contribution in [2.45, 2.75) is 30.2 Å². The van der Waals surface area contributed by atoms with Crippen molar-refractivity contribution in [2.24, 2.45) is 0 Å². The summed E-state index contributed by atoms with van der Waals surface area (Å²) in [5.74, 6) is -2.59. The van der Waals surface area contributed by atoms with Crippen molar-refractivity contribution in [2.75, 3.05) is 13.2 Å². The van der Waals surface area contributed by atoms with Gasteiger partial charge in [0.15, 0.2) is 0 Å². The van der Waals surface area contributed by atoms with E-state index in [0.29, 0.717) is 0 Å². The highest BCUT2D eigenvalue weighted by Crippen LogP contribution is 2.31. The standard InChI is InChI=1S/C7H15O10P/c8-2-7(12)6(11)5(10)4(9)3(17-7)1-16-18(13,14)15/h3-6,8-12H,1-2H2,(H2,13,14,15)/p-2/t3-,4-,5-,6+,7+/m1/s1. The minimum absolute atomic E-state index is 0.975. The molecule has 1 rings (SSSR count). The normalized spacial score (nSPS) is 41.9. The molecule has 1 aliphatic heterocycles. The van der Waals surface area contributed by atoms with Crippen LogP contribution in [0.4, 0.5) is 0 Å². The smallest absolute Gasteiger partial charge is 0.219 e. The van der Waals surface area contributed by atoms with E-state index in [1.165, 1.54) is 0 Å². The molecule has 0 aliphatic carbocycles. The zero-order valence-electron chi connectivity index (χ0n) is 8.95. The molecule has 10 nitrogen and oxygen atoms in total. The summed E-state index contributed by atoms with van der Waals surface area (Å²) < 4.78 is 18.7. The van der Waals surface area contributed by atoms with Crippen molar-refractivity contribution in [3.05, 3.63) is 0 Å². The van der Waals surface area contributed by atoms with E-state index in [2.05, 4.69) is 9.26 Å². The molecule has 0 amide bonds. The quantitative estimate of drug-likeness (QED) is 0.314. The third-order valence-electron chi connectivity index (χ3n) is 2.50. The lowest BCUT2D eigenvalue weighted by atomic mass is 9.93. The molecule has 0 unspecified atom stereocenters. The van der Waals surface area contributed by atoms with Crippen LogP contribution in [0.15, 0.2) is 0 Å². The Bertz CT molecular complexity index is 330. The summed E-state index contributed by atoms with van der Waals surface area (Å²) in [6, 6.07) is 0. The van der Waals surface area contributed by atoms with Gasteiger partial charge < -0.3 is 49.1 Å². The van der Waals surface area contributed by atoms with Gasteiger partial charge in [0.05, 0.1) is 21.0 Å². The molecule has 18 heavy (non-hydrogen) atoms. The highest BCUT2D eigenvalue weighted by molar-refractivity contribution is 7.43. The van der Waals surface area contributed by atoms with E-state index in [4.69, 9.17) is 5.11 Å². The Morgan fingerprint density at radius 3 is 2.28 bits per heavy atom. The molecule has 1 aliphatic rings. The van der Waals surface area contributed by atoms with E-state index in [-0.39, 0.29) is 0 Å². The second-order valence-corrected chi connectivity index (χ2v) is 4.98. The van der Waals surface area contributed by atoms with Crippen molar-refractivity contribution in [1.29, 1.82) is 0 Å². The van der Waals surface area contributed by atoms with Gasteiger partial charge in [-0.05, 0) is 0 Å². The molecule has 1 heterocycles. The zero-order valence-corrected chi connectivity index (χ0v) is 9.84. The number of ether oxygens (including phenoxy) is 1. The van der Waals surface area contributed by atoms with E-state index in [1.54, 1.807) is 0 Å². The molecule has 1 fully saturated rings. The average molecular weight is 288 g/mol. The Balaban J connectivity index is 2.77. The minimum atomic E-state index is -5.32. The van der Waals surface area contributed by atoms with Crippen molar-refractivity contribution >= 4 is 7.82 Å². The van der Waals surface area contributed by atoms with Crippen LogP contribution in [0.1, 0.15) is 0 Å². The molecule has 0 radical (unpaired) electrons. The number of hydrogen-bond acceptors (Lipinski definition) is 10. The van der Waals surface area contributed by atoms with Crippen molar-refractivity contribution in [1.82, 2.24) is 0 Å². The first-order valence-corrected chi connectivity index (χ1v) is 6.28. The summed E-state index contributed by atoms with van der Waals surface area (Å²) in [5.41, 5.74) is 0. The molecule has 1 saturated heterocycles. The van der Waals surface area contributed by atoms with Crippen LogP contribution < -0.4 is 9.79 Å².